The molecule has 0 amide bonds. The standard InChI is InChI=1S/C19H30N2Si/c1-19(2,3)17-7-10-21(11-8-17)18-13-16(14-20-15-18)9-12-22(4,5)6/h13-15,17H,7-8,10-11H2,1-6H3. The van der Waals surface area contributed by atoms with Gasteiger partial charge in [0, 0.05) is 24.8 Å². The quantitative estimate of drug-likeness (QED) is 0.557. The molecule has 0 aromatic carbocycles. The van der Waals surface area contributed by atoms with Crippen LogP contribution in [0.1, 0.15) is 39.2 Å². The van der Waals surface area contributed by atoms with Crippen molar-refractivity contribution in [2.75, 3.05) is 18.0 Å². The first-order chi connectivity index (χ1) is 10.1. The van der Waals surface area contributed by atoms with Crippen molar-refractivity contribution in [2.45, 2.75) is 53.3 Å². The number of nitrogens with zero attached hydrogens (tertiary/aromatic N) is 2. The Morgan fingerprint density at radius 2 is 1.77 bits per heavy atom. The Kier molecular flexibility index (Phi) is 5.02. The van der Waals surface area contributed by atoms with E-state index in [9.17, 15) is 0 Å². The highest BCUT2D eigenvalue weighted by molar-refractivity contribution is 6.83. The number of anilines is 1. The van der Waals surface area contributed by atoms with Gasteiger partial charge in [0.25, 0.3) is 0 Å². The van der Waals surface area contributed by atoms with Crippen LogP contribution in [0.2, 0.25) is 19.6 Å². The summed E-state index contributed by atoms with van der Waals surface area (Å²) in [4.78, 5) is 6.87. The normalized spacial score (nSPS) is 17.1. The topological polar surface area (TPSA) is 16.1 Å². The first kappa shape index (κ1) is 17.1. The van der Waals surface area contributed by atoms with Gasteiger partial charge in [-0.1, -0.05) is 46.3 Å². The monoisotopic (exact) mass is 314 g/mol. The van der Waals surface area contributed by atoms with E-state index >= 15 is 0 Å². The molecular formula is C19H30N2Si. The van der Waals surface area contributed by atoms with Gasteiger partial charge in [-0.2, -0.15) is 0 Å². The van der Waals surface area contributed by atoms with Crippen LogP contribution in [-0.4, -0.2) is 26.1 Å². The molecule has 0 aliphatic carbocycles. The molecular weight excluding hydrogens is 284 g/mol. The van der Waals surface area contributed by atoms with Gasteiger partial charge in [0.2, 0.25) is 0 Å². The Bertz CT molecular complexity index is 562. The first-order valence-corrected chi connectivity index (χ1v) is 11.9. The zero-order valence-electron chi connectivity index (χ0n) is 15.0. The molecule has 0 unspecified atom stereocenters. The smallest absolute Gasteiger partial charge is 0.129 e. The maximum absolute atomic E-state index is 4.40. The van der Waals surface area contributed by atoms with Gasteiger partial charge in [-0.05, 0) is 30.2 Å². The van der Waals surface area contributed by atoms with E-state index in [1.54, 1.807) is 0 Å². The second kappa shape index (κ2) is 6.46. The van der Waals surface area contributed by atoms with Gasteiger partial charge in [0.05, 0.1) is 11.9 Å². The summed E-state index contributed by atoms with van der Waals surface area (Å²) in [5.74, 6) is 4.15. The fraction of sp³-hybridized carbons (Fsp3) is 0.632. The van der Waals surface area contributed by atoms with Crippen molar-refractivity contribution < 1.29 is 0 Å². The van der Waals surface area contributed by atoms with Gasteiger partial charge in [-0.3, -0.25) is 4.98 Å². The Balaban J connectivity index is 2.07. The van der Waals surface area contributed by atoms with Crippen LogP contribution < -0.4 is 4.90 Å². The number of aromatic nitrogens is 1. The minimum absolute atomic E-state index is 0.426. The van der Waals surface area contributed by atoms with Gasteiger partial charge >= 0.3 is 0 Å². The van der Waals surface area contributed by atoms with Gasteiger partial charge in [0.1, 0.15) is 8.07 Å². The van der Waals surface area contributed by atoms with Gasteiger partial charge in [-0.15, -0.1) is 5.54 Å². The summed E-state index contributed by atoms with van der Waals surface area (Å²) in [6, 6.07) is 2.21. The fourth-order valence-electron chi connectivity index (χ4n) is 2.93. The van der Waals surface area contributed by atoms with E-state index in [1.807, 2.05) is 12.4 Å². The largest absolute Gasteiger partial charge is 0.370 e. The molecule has 3 heteroatoms. The number of rotatable bonds is 1. The highest BCUT2D eigenvalue weighted by Gasteiger charge is 2.28. The molecule has 1 saturated heterocycles. The second-order valence-electron chi connectivity index (χ2n) is 8.56. The lowest BCUT2D eigenvalue weighted by molar-refractivity contribution is 0.199. The number of hydrogen-bond acceptors (Lipinski definition) is 2. The minimum Gasteiger partial charge on any atom is -0.370 e. The Morgan fingerprint density at radius 3 is 2.32 bits per heavy atom. The molecule has 2 rings (SSSR count). The second-order valence-corrected chi connectivity index (χ2v) is 13.3. The highest BCUT2D eigenvalue weighted by Crippen LogP contribution is 2.35. The van der Waals surface area contributed by atoms with E-state index in [0.717, 1.165) is 24.6 Å². The van der Waals surface area contributed by atoms with Crippen molar-refractivity contribution >= 4 is 13.8 Å². The third kappa shape index (κ3) is 4.88. The summed E-state index contributed by atoms with van der Waals surface area (Å²) in [6.45, 7) is 16.2. The first-order valence-electron chi connectivity index (χ1n) is 8.38. The molecule has 1 aliphatic rings. The predicted octanol–water partition coefficient (Wildman–Crippen LogP) is 4.57. The lowest BCUT2D eigenvalue weighted by atomic mass is 9.75. The number of pyridine rings is 1. The molecule has 1 fully saturated rings. The molecule has 0 bridgehead atoms. The van der Waals surface area contributed by atoms with Crippen LogP contribution in [-0.2, 0) is 0 Å². The highest BCUT2D eigenvalue weighted by atomic mass is 28.3. The average Bonchev–Trinajstić information content (AvgIpc) is 2.44. The summed E-state index contributed by atoms with van der Waals surface area (Å²) in [7, 11) is -1.33. The van der Waals surface area contributed by atoms with Crippen LogP contribution in [0.15, 0.2) is 18.5 Å². The zero-order valence-corrected chi connectivity index (χ0v) is 16.0. The molecule has 1 aromatic rings. The number of hydrogen-bond donors (Lipinski definition) is 0. The average molecular weight is 315 g/mol. The fourth-order valence-corrected chi connectivity index (χ4v) is 3.45. The molecule has 0 saturated carbocycles. The maximum Gasteiger partial charge on any atom is 0.129 e. The van der Waals surface area contributed by atoms with Crippen LogP contribution in [0.4, 0.5) is 5.69 Å². The van der Waals surface area contributed by atoms with E-state index < -0.39 is 8.07 Å². The minimum atomic E-state index is -1.33. The Hall–Kier alpha value is -1.27. The maximum atomic E-state index is 4.40. The molecule has 0 spiro atoms. The Morgan fingerprint density at radius 1 is 1.14 bits per heavy atom. The molecule has 2 heterocycles. The lowest BCUT2D eigenvalue weighted by Gasteiger charge is -2.39. The molecule has 0 N–H and O–H groups in total. The van der Waals surface area contributed by atoms with Crippen LogP contribution in [0.25, 0.3) is 0 Å². The molecule has 22 heavy (non-hydrogen) atoms. The van der Waals surface area contributed by atoms with Crippen LogP contribution in [0.5, 0.6) is 0 Å². The van der Waals surface area contributed by atoms with Crippen molar-refractivity contribution in [2.24, 2.45) is 11.3 Å². The molecule has 2 nitrogen and oxygen atoms in total. The lowest BCUT2D eigenvalue weighted by Crippen LogP contribution is -2.38. The predicted molar refractivity (Wildman–Crippen MR) is 98.9 cm³/mol. The summed E-state index contributed by atoms with van der Waals surface area (Å²) in [6.07, 6.45) is 6.41. The third-order valence-corrected chi connectivity index (χ3v) is 5.27. The third-order valence-electron chi connectivity index (χ3n) is 4.39. The molecule has 0 atom stereocenters. The summed E-state index contributed by atoms with van der Waals surface area (Å²) in [5, 5.41) is 0. The van der Waals surface area contributed by atoms with Gasteiger partial charge in [0.15, 0.2) is 0 Å². The summed E-state index contributed by atoms with van der Waals surface area (Å²) in [5.41, 5.74) is 6.14. The van der Waals surface area contributed by atoms with Crippen molar-refractivity contribution in [1.82, 2.24) is 4.98 Å². The van der Waals surface area contributed by atoms with Crippen LogP contribution in [0, 0.1) is 22.8 Å². The van der Waals surface area contributed by atoms with E-state index in [0.29, 0.717) is 5.41 Å². The van der Waals surface area contributed by atoms with Crippen molar-refractivity contribution in [3.05, 3.63) is 24.0 Å². The van der Waals surface area contributed by atoms with Gasteiger partial charge < -0.3 is 4.90 Å². The zero-order chi connectivity index (χ0) is 16.4. The SMILES string of the molecule is CC(C)(C)C1CCN(c2cncc(C#C[Si](C)(C)C)c2)CC1. The van der Waals surface area contributed by atoms with E-state index in [1.165, 1.54) is 18.5 Å². The molecule has 0 radical (unpaired) electrons. The number of piperidine rings is 1. The van der Waals surface area contributed by atoms with Crippen molar-refractivity contribution in [3.8, 4) is 11.5 Å². The van der Waals surface area contributed by atoms with Gasteiger partial charge in [-0.25, -0.2) is 0 Å². The molecule has 1 aromatic heterocycles. The van der Waals surface area contributed by atoms with E-state index in [4.69, 9.17) is 0 Å². The summed E-state index contributed by atoms with van der Waals surface area (Å²) >= 11 is 0. The molecule has 120 valence electrons. The Labute approximate surface area is 137 Å². The van der Waals surface area contributed by atoms with E-state index in [2.05, 4.69) is 67.8 Å². The summed E-state index contributed by atoms with van der Waals surface area (Å²) < 4.78 is 0. The van der Waals surface area contributed by atoms with Crippen LogP contribution in [0.3, 0.4) is 0 Å². The van der Waals surface area contributed by atoms with Crippen molar-refractivity contribution in [1.29, 1.82) is 0 Å². The van der Waals surface area contributed by atoms with Crippen LogP contribution >= 0.6 is 0 Å². The van der Waals surface area contributed by atoms with E-state index in [-0.39, 0.29) is 0 Å². The molecule has 1 aliphatic heterocycles. The van der Waals surface area contributed by atoms with Crippen molar-refractivity contribution in [3.63, 3.8) is 0 Å².